The van der Waals surface area contributed by atoms with Gasteiger partial charge in [-0.15, -0.1) is 0 Å². The number of amides is 1. The van der Waals surface area contributed by atoms with Gasteiger partial charge in [-0.1, -0.05) is 18.2 Å². The zero-order valence-electron chi connectivity index (χ0n) is 14.4. The summed E-state index contributed by atoms with van der Waals surface area (Å²) in [7, 11) is 0. The fourth-order valence-electron chi connectivity index (χ4n) is 3.35. The summed E-state index contributed by atoms with van der Waals surface area (Å²) in [6.07, 6.45) is 3.19. The molecule has 0 radical (unpaired) electrons. The summed E-state index contributed by atoms with van der Waals surface area (Å²) < 4.78 is 16.9. The molecule has 2 fully saturated rings. The van der Waals surface area contributed by atoms with E-state index in [9.17, 15) is 4.79 Å². The summed E-state index contributed by atoms with van der Waals surface area (Å²) >= 11 is 0. The Morgan fingerprint density at radius 3 is 2.62 bits per heavy atom. The van der Waals surface area contributed by atoms with Gasteiger partial charge < -0.3 is 19.1 Å². The Labute approximate surface area is 143 Å². The smallest absolute Gasteiger partial charge is 0.222 e. The van der Waals surface area contributed by atoms with Crippen LogP contribution in [0.5, 0.6) is 5.75 Å². The molecule has 0 spiro atoms. The van der Waals surface area contributed by atoms with Crippen molar-refractivity contribution in [2.24, 2.45) is 5.92 Å². The summed E-state index contributed by atoms with van der Waals surface area (Å²) in [5, 5.41) is 0. The predicted molar refractivity (Wildman–Crippen MR) is 90.9 cm³/mol. The largest absolute Gasteiger partial charge is 0.493 e. The first-order valence-corrected chi connectivity index (χ1v) is 8.93. The van der Waals surface area contributed by atoms with E-state index in [0.717, 1.165) is 43.7 Å². The molecular formula is C19H27NO4. The van der Waals surface area contributed by atoms with Crippen molar-refractivity contribution >= 4 is 5.91 Å². The van der Waals surface area contributed by atoms with E-state index in [2.05, 4.69) is 0 Å². The molecule has 2 saturated heterocycles. The molecule has 0 bridgehead atoms. The van der Waals surface area contributed by atoms with Crippen LogP contribution in [0, 0.1) is 12.8 Å². The number of piperidine rings is 1. The van der Waals surface area contributed by atoms with Crippen LogP contribution < -0.4 is 4.74 Å². The molecule has 1 aromatic rings. The molecule has 2 aliphatic rings. The van der Waals surface area contributed by atoms with E-state index in [-0.39, 0.29) is 12.2 Å². The Morgan fingerprint density at radius 2 is 1.92 bits per heavy atom. The first-order valence-electron chi connectivity index (χ1n) is 8.93. The van der Waals surface area contributed by atoms with Gasteiger partial charge in [0, 0.05) is 25.4 Å². The van der Waals surface area contributed by atoms with Crippen LogP contribution >= 0.6 is 0 Å². The van der Waals surface area contributed by atoms with Crippen molar-refractivity contribution in [3.63, 3.8) is 0 Å². The summed E-state index contributed by atoms with van der Waals surface area (Å²) in [5.74, 6) is 1.57. The second-order valence-corrected chi connectivity index (χ2v) is 6.55. The summed E-state index contributed by atoms with van der Waals surface area (Å²) in [5.41, 5.74) is 1.13. The van der Waals surface area contributed by atoms with E-state index in [4.69, 9.17) is 14.2 Å². The zero-order valence-corrected chi connectivity index (χ0v) is 14.4. The molecule has 132 valence electrons. The molecule has 1 amide bonds. The average molecular weight is 333 g/mol. The Balaban J connectivity index is 1.33. The highest BCUT2D eigenvalue weighted by Gasteiger charge is 2.31. The number of likely N-dealkylation sites (tertiary alicyclic amines) is 1. The van der Waals surface area contributed by atoms with Crippen molar-refractivity contribution in [2.75, 3.05) is 32.9 Å². The van der Waals surface area contributed by atoms with E-state index in [1.54, 1.807) is 0 Å². The van der Waals surface area contributed by atoms with Gasteiger partial charge in [-0.25, -0.2) is 0 Å². The van der Waals surface area contributed by atoms with Gasteiger partial charge in [0.05, 0.1) is 19.8 Å². The predicted octanol–water partition coefficient (Wildman–Crippen LogP) is 2.77. The Bertz CT molecular complexity index is 534. The number of para-hydroxylation sites is 1. The van der Waals surface area contributed by atoms with E-state index < -0.39 is 0 Å². The highest BCUT2D eigenvalue weighted by Crippen LogP contribution is 2.26. The summed E-state index contributed by atoms with van der Waals surface area (Å²) in [6, 6.07) is 7.96. The fourth-order valence-corrected chi connectivity index (χ4v) is 3.35. The fraction of sp³-hybridized carbons (Fsp3) is 0.632. The molecule has 5 nitrogen and oxygen atoms in total. The third kappa shape index (κ3) is 4.48. The lowest BCUT2D eigenvalue weighted by Crippen LogP contribution is -2.41. The molecule has 5 heteroatoms. The number of hydrogen-bond acceptors (Lipinski definition) is 4. The summed E-state index contributed by atoms with van der Waals surface area (Å²) in [4.78, 5) is 14.3. The molecule has 0 unspecified atom stereocenters. The van der Waals surface area contributed by atoms with Gasteiger partial charge in [-0.3, -0.25) is 4.79 Å². The molecule has 24 heavy (non-hydrogen) atoms. The average Bonchev–Trinajstić information content (AvgIpc) is 3.15. The number of carbonyl (C=O) groups is 1. The van der Waals surface area contributed by atoms with Crippen LogP contribution in [0.1, 0.15) is 31.2 Å². The van der Waals surface area contributed by atoms with E-state index in [0.29, 0.717) is 32.2 Å². The van der Waals surface area contributed by atoms with Crippen LogP contribution in [0.2, 0.25) is 0 Å². The van der Waals surface area contributed by atoms with Crippen LogP contribution in [0.25, 0.3) is 0 Å². The number of carbonyl (C=O) groups excluding carboxylic acids is 1. The molecule has 0 aliphatic carbocycles. The lowest BCUT2D eigenvalue weighted by molar-refractivity contribution is -0.137. The van der Waals surface area contributed by atoms with Crippen molar-refractivity contribution in [1.29, 1.82) is 0 Å². The van der Waals surface area contributed by atoms with E-state index in [1.807, 2.05) is 36.1 Å². The molecule has 0 atom stereocenters. The maximum Gasteiger partial charge on any atom is 0.222 e. The number of aryl methyl sites for hydroxylation is 1. The van der Waals surface area contributed by atoms with Crippen LogP contribution in [-0.4, -0.2) is 50.0 Å². The molecule has 3 rings (SSSR count). The van der Waals surface area contributed by atoms with Gasteiger partial charge >= 0.3 is 0 Å². The van der Waals surface area contributed by atoms with Crippen molar-refractivity contribution in [3.05, 3.63) is 29.8 Å². The number of ether oxygens (including phenoxy) is 3. The molecular weight excluding hydrogens is 306 g/mol. The minimum Gasteiger partial charge on any atom is -0.493 e. The number of hydrogen-bond donors (Lipinski definition) is 0. The standard InChI is InChI=1S/C19H27NO4/c1-15-5-2-3-6-17(15)22-12-4-7-18(21)20-10-8-16(9-11-20)19-23-13-14-24-19/h2-3,5-6,16,19H,4,7-14H2,1H3. The Hall–Kier alpha value is -1.59. The van der Waals surface area contributed by atoms with Gasteiger partial charge in [-0.2, -0.15) is 0 Å². The van der Waals surface area contributed by atoms with Crippen LogP contribution in [0.15, 0.2) is 24.3 Å². The molecule has 2 heterocycles. The Morgan fingerprint density at radius 1 is 1.21 bits per heavy atom. The van der Waals surface area contributed by atoms with Crippen molar-refractivity contribution < 1.29 is 19.0 Å². The van der Waals surface area contributed by atoms with Crippen LogP contribution in [-0.2, 0) is 14.3 Å². The topological polar surface area (TPSA) is 48.0 Å². The quantitative estimate of drug-likeness (QED) is 0.751. The Kier molecular flexibility index (Phi) is 6.10. The first-order chi connectivity index (χ1) is 11.7. The highest BCUT2D eigenvalue weighted by atomic mass is 16.7. The van der Waals surface area contributed by atoms with Crippen molar-refractivity contribution in [2.45, 2.75) is 38.9 Å². The van der Waals surface area contributed by atoms with E-state index in [1.165, 1.54) is 0 Å². The molecule has 0 saturated carbocycles. The molecule has 0 N–H and O–H groups in total. The molecule has 2 aliphatic heterocycles. The minimum absolute atomic E-state index is 0.0511. The van der Waals surface area contributed by atoms with Gasteiger partial charge in [0.15, 0.2) is 6.29 Å². The van der Waals surface area contributed by atoms with Gasteiger partial charge in [0.2, 0.25) is 5.91 Å². The minimum atomic E-state index is -0.0511. The molecule has 0 aromatic heterocycles. The lowest BCUT2D eigenvalue weighted by atomic mass is 9.96. The second-order valence-electron chi connectivity index (χ2n) is 6.55. The third-order valence-electron chi connectivity index (χ3n) is 4.81. The normalized spacial score (nSPS) is 19.6. The number of rotatable bonds is 6. The summed E-state index contributed by atoms with van der Waals surface area (Å²) in [6.45, 7) is 5.63. The van der Waals surface area contributed by atoms with Gasteiger partial charge in [-0.05, 0) is 37.8 Å². The van der Waals surface area contributed by atoms with Crippen molar-refractivity contribution in [3.8, 4) is 5.75 Å². The van der Waals surface area contributed by atoms with Gasteiger partial charge in [0.25, 0.3) is 0 Å². The van der Waals surface area contributed by atoms with E-state index >= 15 is 0 Å². The monoisotopic (exact) mass is 333 g/mol. The van der Waals surface area contributed by atoms with Crippen LogP contribution in [0.4, 0.5) is 0 Å². The van der Waals surface area contributed by atoms with Gasteiger partial charge in [0.1, 0.15) is 5.75 Å². The molecule has 1 aromatic carbocycles. The zero-order chi connectivity index (χ0) is 16.8. The highest BCUT2D eigenvalue weighted by molar-refractivity contribution is 5.76. The van der Waals surface area contributed by atoms with Crippen molar-refractivity contribution in [1.82, 2.24) is 4.90 Å². The maximum absolute atomic E-state index is 12.3. The first kappa shape index (κ1) is 17.2. The number of benzene rings is 1. The van der Waals surface area contributed by atoms with Crippen LogP contribution in [0.3, 0.4) is 0 Å². The number of nitrogens with zero attached hydrogens (tertiary/aromatic N) is 1. The third-order valence-corrected chi connectivity index (χ3v) is 4.81. The second kappa shape index (κ2) is 8.49. The maximum atomic E-state index is 12.3. The SMILES string of the molecule is Cc1ccccc1OCCCC(=O)N1CCC(C2OCCO2)CC1. The lowest BCUT2D eigenvalue weighted by Gasteiger charge is -2.33.